The zero-order chi connectivity index (χ0) is 14.9. The number of anilines is 2. The second-order valence-corrected chi connectivity index (χ2v) is 7.41. The Hall–Kier alpha value is -1.30. The van der Waals surface area contributed by atoms with E-state index in [2.05, 4.69) is 37.7 Å². The highest BCUT2D eigenvalue weighted by atomic mass is 79.9. The first-order valence-electron chi connectivity index (χ1n) is 8.34. The van der Waals surface area contributed by atoms with E-state index < -0.39 is 0 Å². The monoisotopic (exact) mass is 363 g/mol. The maximum absolute atomic E-state index is 4.73. The first kappa shape index (κ1) is 14.3. The van der Waals surface area contributed by atoms with Gasteiger partial charge in [0.25, 0.3) is 0 Å². The summed E-state index contributed by atoms with van der Waals surface area (Å²) in [6, 6.07) is 2.66. The fraction of sp³-hybridized carbons (Fsp3) is 0.625. The Morgan fingerprint density at radius 3 is 2.77 bits per heavy atom. The molecule has 5 nitrogen and oxygen atoms in total. The van der Waals surface area contributed by atoms with Crippen molar-refractivity contribution < 1.29 is 0 Å². The van der Waals surface area contributed by atoms with E-state index in [-0.39, 0.29) is 0 Å². The summed E-state index contributed by atoms with van der Waals surface area (Å²) >= 11 is 3.55. The van der Waals surface area contributed by atoms with Crippen LogP contribution in [0, 0.1) is 5.92 Å². The number of rotatable bonds is 5. The van der Waals surface area contributed by atoms with Crippen molar-refractivity contribution in [2.75, 3.05) is 17.2 Å². The van der Waals surface area contributed by atoms with E-state index in [4.69, 9.17) is 4.98 Å². The lowest BCUT2D eigenvalue weighted by Gasteiger charge is -2.23. The Bertz CT molecular complexity index is 658. The zero-order valence-electron chi connectivity index (χ0n) is 12.7. The molecular formula is C16H22BrN5. The van der Waals surface area contributed by atoms with Crippen LogP contribution in [0.15, 0.2) is 16.7 Å². The Kier molecular flexibility index (Phi) is 3.94. The number of nitrogens with zero attached hydrogens (tertiary/aromatic N) is 3. The van der Waals surface area contributed by atoms with Gasteiger partial charge in [0.15, 0.2) is 5.65 Å². The second kappa shape index (κ2) is 6.07. The highest BCUT2D eigenvalue weighted by molar-refractivity contribution is 9.10. The van der Waals surface area contributed by atoms with Gasteiger partial charge >= 0.3 is 0 Å². The number of nitrogens with one attached hydrogen (secondary N) is 2. The van der Waals surface area contributed by atoms with E-state index in [0.29, 0.717) is 6.04 Å². The van der Waals surface area contributed by atoms with Gasteiger partial charge in [-0.3, -0.25) is 0 Å². The Morgan fingerprint density at radius 1 is 1.18 bits per heavy atom. The lowest BCUT2D eigenvalue weighted by Crippen LogP contribution is -2.23. The van der Waals surface area contributed by atoms with Crippen molar-refractivity contribution in [1.29, 1.82) is 0 Å². The lowest BCUT2D eigenvalue weighted by molar-refractivity contribution is 0.462. The van der Waals surface area contributed by atoms with Gasteiger partial charge in [-0.15, -0.1) is 0 Å². The average molecular weight is 364 g/mol. The molecule has 2 N–H and O–H groups in total. The molecule has 2 aromatic rings. The molecule has 2 heterocycles. The van der Waals surface area contributed by atoms with E-state index in [1.165, 1.54) is 44.9 Å². The van der Waals surface area contributed by atoms with E-state index in [0.717, 1.165) is 34.2 Å². The first-order chi connectivity index (χ1) is 10.8. The highest BCUT2D eigenvalue weighted by Crippen LogP contribution is 2.30. The summed E-state index contributed by atoms with van der Waals surface area (Å²) in [5, 5.41) is 11.6. The zero-order valence-corrected chi connectivity index (χ0v) is 14.3. The van der Waals surface area contributed by atoms with Crippen LogP contribution in [-0.2, 0) is 0 Å². The number of fused-ring (bicyclic) bond motifs is 1. The van der Waals surface area contributed by atoms with Crippen LogP contribution in [-0.4, -0.2) is 27.2 Å². The predicted molar refractivity (Wildman–Crippen MR) is 92.4 cm³/mol. The summed E-state index contributed by atoms with van der Waals surface area (Å²) in [5.74, 6) is 2.82. The molecule has 118 valence electrons. The van der Waals surface area contributed by atoms with Crippen LogP contribution in [0.5, 0.6) is 0 Å². The van der Waals surface area contributed by atoms with Crippen LogP contribution in [0.1, 0.15) is 44.9 Å². The maximum Gasteiger partial charge on any atom is 0.173 e. The largest absolute Gasteiger partial charge is 0.370 e. The van der Waals surface area contributed by atoms with Crippen LogP contribution in [0.3, 0.4) is 0 Å². The number of hydrogen-bond donors (Lipinski definition) is 2. The molecular weight excluding hydrogens is 342 g/mol. The van der Waals surface area contributed by atoms with E-state index in [1.54, 1.807) is 0 Å². The summed E-state index contributed by atoms with van der Waals surface area (Å²) < 4.78 is 2.83. The van der Waals surface area contributed by atoms with Gasteiger partial charge in [0.2, 0.25) is 0 Å². The average Bonchev–Trinajstić information content (AvgIpc) is 3.30. The Labute approximate surface area is 139 Å². The van der Waals surface area contributed by atoms with Crippen molar-refractivity contribution in [2.24, 2.45) is 5.92 Å². The summed E-state index contributed by atoms with van der Waals surface area (Å²) in [5.41, 5.74) is 0.874. The fourth-order valence-corrected chi connectivity index (χ4v) is 3.51. The lowest BCUT2D eigenvalue weighted by atomic mass is 9.95. The van der Waals surface area contributed by atoms with Gasteiger partial charge in [0.05, 0.1) is 10.7 Å². The van der Waals surface area contributed by atoms with Gasteiger partial charge in [0.1, 0.15) is 11.6 Å². The maximum atomic E-state index is 4.73. The third-order valence-electron chi connectivity index (χ3n) is 4.65. The molecule has 6 heteroatoms. The minimum Gasteiger partial charge on any atom is -0.370 e. The number of halogens is 1. The van der Waals surface area contributed by atoms with Crippen molar-refractivity contribution in [3.05, 3.63) is 16.7 Å². The van der Waals surface area contributed by atoms with Crippen molar-refractivity contribution in [3.8, 4) is 0 Å². The van der Waals surface area contributed by atoms with Crippen molar-refractivity contribution in [3.63, 3.8) is 0 Å². The molecule has 2 aliphatic rings. The molecule has 0 saturated heterocycles. The summed E-state index contributed by atoms with van der Waals surface area (Å²) in [4.78, 5) is 4.73. The van der Waals surface area contributed by atoms with Gasteiger partial charge in [0, 0.05) is 18.7 Å². The third-order valence-corrected chi connectivity index (χ3v) is 5.21. The van der Waals surface area contributed by atoms with Crippen molar-refractivity contribution in [2.45, 2.75) is 51.0 Å². The third kappa shape index (κ3) is 3.07. The molecule has 0 amide bonds. The summed E-state index contributed by atoms with van der Waals surface area (Å²) in [7, 11) is 0. The normalized spacial score (nSPS) is 19.5. The Balaban J connectivity index is 1.60. The molecule has 2 aromatic heterocycles. The fourth-order valence-electron chi connectivity index (χ4n) is 3.16. The summed E-state index contributed by atoms with van der Waals surface area (Å²) in [6.07, 6.45) is 11.0. The molecule has 2 aliphatic carbocycles. The molecule has 0 atom stereocenters. The van der Waals surface area contributed by atoms with E-state index in [1.807, 2.05) is 10.7 Å². The first-order valence-corrected chi connectivity index (χ1v) is 9.13. The quantitative estimate of drug-likeness (QED) is 0.840. The molecule has 2 saturated carbocycles. The molecule has 22 heavy (non-hydrogen) atoms. The molecule has 4 rings (SSSR count). The van der Waals surface area contributed by atoms with E-state index >= 15 is 0 Å². The van der Waals surface area contributed by atoms with Crippen molar-refractivity contribution >= 4 is 33.2 Å². The van der Waals surface area contributed by atoms with Crippen LogP contribution in [0.4, 0.5) is 11.6 Å². The smallest absolute Gasteiger partial charge is 0.173 e. The van der Waals surface area contributed by atoms with Gasteiger partial charge in [-0.05, 0) is 47.5 Å². The van der Waals surface area contributed by atoms with Crippen LogP contribution in [0.25, 0.3) is 5.65 Å². The molecule has 0 unspecified atom stereocenters. The van der Waals surface area contributed by atoms with Crippen LogP contribution < -0.4 is 10.6 Å². The molecule has 0 spiro atoms. The standard InChI is InChI=1S/C16H22BrN5/c17-13-10-19-22-15(18-9-11-6-7-11)8-14(21-16(13)22)20-12-4-2-1-3-5-12/h8,10-12,18H,1-7,9H2,(H,20,21). The van der Waals surface area contributed by atoms with Crippen LogP contribution in [0.2, 0.25) is 0 Å². The second-order valence-electron chi connectivity index (χ2n) is 6.56. The Morgan fingerprint density at radius 2 is 2.00 bits per heavy atom. The molecule has 0 bridgehead atoms. The summed E-state index contributed by atoms with van der Waals surface area (Å²) in [6.45, 7) is 1.03. The topological polar surface area (TPSA) is 54.2 Å². The van der Waals surface area contributed by atoms with E-state index in [9.17, 15) is 0 Å². The predicted octanol–water partition coefficient (Wildman–Crippen LogP) is 4.06. The molecule has 2 fully saturated rings. The van der Waals surface area contributed by atoms with Gasteiger partial charge in [-0.25, -0.2) is 4.98 Å². The molecule has 0 aliphatic heterocycles. The SMILES string of the molecule is Brc1cnn2c(NCC3CC3)cc(NC3CCCCC3)nc12. The minimum absolute atomic E-state index is 0.557. The molecule has 0 radical (unpaired) electrons. The van der Waals surface area contributed by atoms with Gasteiger partial charge in [-0.2, -0.15) is 9.61 Å². The minimum atomic E-state index is 0.557. The number of hydrogen-bond acceptors (Lipinski definition) is 4. The van der Waals surface area contributed by atoms with Gasteiger partial charge < -0.3 is 10.6 Å². The van der Waals surface area contributed by atoms with Crippen LogP contribution >= 0.6 is 15.9 Å². The molecule has 0 aromatic carbocycles. The number of aromatic nitrogens is 3. The van der Waals surface area contributed by atoms with Crippen molar-refractivity contribution in [1.82, 2.24) is 14.6 Å². The van der Waals surface area contributed by atoms with Gasteiger partial charge in [-0.1, -0.05) is 19.3 Å². The highest BCUT2D eigenvalue weighted by Gasteiger charge is 2.22.